The minimum absolute atomic E-state index is 0.231. The molecule has 0 aliphatic rings. The molecule has 0 bridgehead atoms. The van der Waals surface area contributed by atoms with E-state index in [0.717, 1.165) is 17.8 Å². The molecule has 0 aromatic heterocycles. The van der Waals surface area contributed by atoms with Gasteiger partial charge in [0, 0.05) is 0 Å². The Bertz CT molecular complexity index is 482. The molecule has 0 spiro atoms. The maximum Gasteiger partial charge on any atom is 0.313 e. The van der Waals surface area contributed by atoms with Crippen molar-refractivity contribution in [3.8, 4) is 0 Å². The number of hydrogen-bond donors (Lipinski definition) is 2. The molecule has 0 heterocycles. The topological polar surface area (TPSA) is 66.4 Å². The third-order valence-electron chi connectivity index (χ3n) is 1.77. The molecule has 0 aliphatic carbocycles. The molecular formula is C10H8F3NO3S. The van der Waals surface area contributed by atoms with Crippen LogP contribution in [0.5, 0.6) is 0 Å². The largest absolute Gasteiger partial charge is 0.481 e. The molecule has 0 radical (unpaired) electrons. The van der Waals surface area contributed by atoms with E-state index in [1.165, 1.54) is 0 Å². The van der Waals surface area contributed by atoms with Crippen LogP contribution in [0.2, 0.25) is 0 Å². The molecule has 98 valence electrons. The zero-order valence-electron chi connectivity index (χ0n) is 8.87. The Morgan fingerprint density at radius 2 is 1.83 bits per heavy atom. The summed E-state index contributed by atoms with van der Waals surface area (Å²) in [6, 6.07) is 1.56. The summed E-state index contributed by atoms with van der Waals surface area (Å²) in [6.07, 6.45) is 0. The summed E-state index contributed by atoms with van der Waals surface area (Å²) in [5.74, 6) is -6.83. The van der Waals surface area contributed by atoms with Crippen LogP contribution >= 0.6 is 11.8 Å². The van der Waals surface area contributed by atoms with Gasteiger partial charge >= 0.3 is 5.97 Å². The molecule has 0 unspecified atom stereocenters. The van der Waals surface area contributed by atoms with Crippen LogP contribution in [0.1, 0.15) is 0 Å². The molecule has 1 amide bonds. The minimum Gasteiger partial charge on any atom is -0.481 e. The van der Waals surface area contributed by atoms with E-state index in [9.17, 15) is 22.8 Å². The Morgan fingerprint density at radius 3 is 2.44 bits per heavy atom. The van der Waals surface area contributed by atoms with Crippen LogP contribution in [0.3, 0.4) is 0 Å². The van der Waals surface area contributed by atoms with E-state index >= 15 is 0 Å². The number of carbonyl (C=O) groups is 2. The van der Waals surface area contributed by atoms with E-state index in [0.29, 0.717) is 6.07 Å². The summed E-state index contributed by atoms with van der Waals surface area (Å²) in [6.45, 7) is 0. The Morgan fingerprint density at radius 1 is 1.17 bits per heavy atom. The van der Waals surface area contributed by atoms with Gasteiger partial charge in [-0.05, 0) is 12.1 Å². The first-order valence-corrected chi connectivity index (χ1v) is 5.80. The number of carboxylic acids is 1. The fourth-order valence-electron chi connectivity index (χ4n) is 1.04. The number of thioether (sulfide) groups is 1. The predicted molar refractivity (Wildman–Crippen MR) is 59.9 cm³/mol. The molecule has 1 rings (SSSR count). The second kappa shape index (κ2) is 6.29. The van der Waals surface area contributed by atoms with Crippen LogP contribution in [0.4, 0.5) is 18.9 Å². The predicted octanol–water partition coefficient (Wildman–Crippen LogP) is 1.86. The van der Waals surface area contributed by atoms with E-state index in [-0.39, 0.29) is 11.5 Å². The van der Waals surface area contributed by atoms with Crippen molar-refractivity contribution in [3.63, 3.8) is 0 Å². The lowest BCUT2D eigenvalue weighted by Gasteiger charge is -2.06. The molecule has 0 fully saturated rings. The molecular weight excluding hydrogens is 271 g/mol. The first kappa shape index (κ1) is 14.4. The van der Waals surface area contributed by atoms with E-state index in [1.54, 1.807) is 0 Å². The molecule has 8 heteroatoms. The summed E-state index contributed by atoms with van der Waals surface area (Å²) in [7, 11) is 0. The lowest BCUT2D eigenvalue weighted by Crippen LogP contribution is -2.17. The van der Waals surface area contributed by atoms with Crippen molar-refractivity contribution in [1.29, 1.82) is 0 Å². The van der Waals surface area contributed by atoms with Gasteiger partial charge in [-0.2, -0.15) is 0 Å². The first-order chi connectivity index (χ1) is 8.41. The van der Waals surface area contributed by atoms with Crippen LogP contribution in [-0.4, -0.2) is 28.5 Å². The number of aliphatic carboxylic acids is 1. The highest BCUT2D eigenvalue weighted by Gasteiger charge is 2.15. The molecule has 0 saturated carbocycles. The molecule has 0 saturated heterocycles. The third-order valence-corrected chi connectivity index (χ3v) is 2.69. The number of rotatable bonds is 5. The summed E-state index contributed by atoms with van der Waals surface area (Å²) in [5.41, 5.74) is -0.491. The van der Waals surface area contributed by atoms with Gasteiger partial charge in [-0.25, -0.2) is 13.2 Å². The highest BCUT2D eigenvalue weighted by atomic mass is 32.2. The Hall–Kier alpha value is -1.70. The lowest BCUT2D eigenvalue weighted by molar-refractivity contribution is -0.133. The second-order valence-corrected chi connectivity index (χ2v) is 4.14. The summed E-state index contributed by atoms with van der Waals surface area (Å²) < 4.78 is 38.5. The second-order valence-electron chi connectivity index (χ2n) is 3.16. The van der Waals surface area contributed by atoms with Crippen molar-refractivity contribution in [3.05, 3.63) is 29.6 Å². The van der Waals surface area contributed by atoms with Gasteiger partial charge in [0.1, 0.15) is 0 Å². The zero-order chi connectivity index (χ0) is 13.7. The van der Waals surface area contributed by atoms with Crippen LogP contribution in [0.15, 0.2) is 12.1 Å². The first-order valence-electron chi connectivity index (χ1n) is 4.64. The highest BCUT2D eigenvalue weighted by Crippen LogP contribution is 2.19. The van der Waals surface area contributed by atoms with Crippen molar-refractivity contribution >= 4 is 29.3 Å². The van der Waals surface area contributed by atoms with Crippen LogP contribution in [0, 0.1) is 17.5 Å². The maximum atomic E-state index is 13.1. The minimum atomic E-state index is -1.68. The number of hydrogen-bond acceptors (Lipinski definition) is 3. The summed E-state index contributed by atoms with van der Waals surface area (Å²) >= 11 is 0.800. The average molecular weight is 279 g/mol. The number of benzene rings is 1. The van der Waals surface area contributed by atoms with Gasteiger partial charge in [0.2, 0.25) is 5.91 Å². The number of anilines is 1. The fourth-order valence-corrected chi connectivity index (χ4v) is 1.57. The quantitative estimate of drug-likeness (QED) is 0.807. The van der Waals surface area contributed by atoms with Gasteiger partial charge < -0.3 is 10.4 Å². The third kappa shape index (κ3) is 3.95. The number of amides is 1. The van der Waals surface area contributed by atoms with Crippen LogP contribution < -0.4 is 5.32 Å². The van der Waals surface area contributed by atoms with Gasteiger partial charge in [-0.1, -0.05) is 0 Å². The molecule has 1 aromatic carbocycles. The van der Waals surface area contributed by atoms with Crippen molar-refractivity contribution in [1.82, 2.24) is 0 Å². The molecule has 0 aliphatic heterocycles. The van der Waals surface area contributed by atoms with Crippen LogP contribution in [0.25, 0.3) is 0 Å². The lowest BCUT2D eigenvalue weighted by atomic mass is 10.3. The maximum absolute atomic E-state index is 13.1. The summed E-state index contributed by atoms with van der Waals surface area (Å²) in [5, 5.41) is 10.3. The molecule has 4 nitrogen and oxygen atoms in total. The Kier molecular flexibility index (Phi) is 5.02. The average Bonchev–Trinajstić information content (AvgIpc) is 2.29. The monoisotopic (exact) mass is 279 g/mol. The molecule has 18 heavy (non-hydrogen) atoms. The Labute approximate surface area is 104 Å². The highest BCUT2D eigenvalue weighted by molar-refractivity contribution is 8.00. The molecule has 2 N–H and O–H groups in total. The van der Waals surface area contributed by atoms with Gasteiger partial charge in [0.15, 0.2) is 17.5 Å². The van der Waals surface area contributed by atoms with Crippen molar-refractivity contribution in [2.45, 2.75) is 0 Å². The van der Waals surface area contributed by atoms with E-state index in [2.05, 4.69) is 0 Å². The zero-order valence-corrected chi connectivity index (χ0v) is 9.69. The van der Waals surface area contributed by atoms with Gasteiger partial charge in [-0.15, -0.1) is 11.8 Å². The van der Waals surface area contributed by atoms with Gasteiger partial charge in [0.05, 0.1) is 17.2 Å². The number of carbonyl (C=O) groups excluding carboxylic acids is 1. The number of halogens is 3. The number of carboxylic acid groups (broad SMARTS) is 1. The van der Waals surface area contributed by atoms with Crippen molar-refractivity contribution in [2.24, 2.45) is 0 Å². The summed E-state index contributed by atoms with van der Waals surface area (Å²) in [4.78, 5) is 21.4. The molecule has 0 atom stereocenters. The van der Waals surface area contributed by atoms with E-state index in [4.69, 9.17) is 5.11 Å². The number of nitrogens with one attached hydrogen (secondary N) is 1. The fraction of sp³-hybridized carbons (Fsp3) is 0.200. The standard InChI is InChI=1S/C10H8F3NO3S/c11-5-1-2-6(10(13)9(5)12)14-7(15)3-18-4-8(16)17/h1-2H,3-4H2,(H,14,15)(H,16,17). The smallest absolute Gasteiger partial charge is 0.313 e. The van der Waals surface area contributed by atoms with Crippen LogP contribution in [-0.2, 0) is 9.59 Å². The van der Waals surface area contributed by atoms with Crippen molar-refractivity contribution < 1.29 is 27.9 Å². The van der Waals surface area contributed by atoms with Crippen molar-refractivity contribution in [2.75, 3.05) is 16.8 Å². The van der Waals surface area contributed by atoms with Gasteiger partial charge in [-0.3, -0.25) is 9.59 Å². The van der Waals surface area contributed by atoms with E-state index < -0.39 is 35.0 Å². The van der Waals surface area contributed by atoms with E-state index in [1.807, 2.05) is 5.32 Å². The SMILES string of the molecule is O=C(O)CSCC(=O)Nc1ccc(F)c(F)c1F. The Balaban J connectivity index is 2.60. The molecule has 1 aromatic rings. The normalized spacial score (nSPS) is 10.2. The van der Waals surface area contributed by atoms with Gasteiger partial charge in [0.25, 0.3) is 0 Å².